The van der Waals surface area contributed by atoms with Crippen LogP contribution in [0.4, 0.5) is 4.39 Å². The summed E-state index contributed by atoms with van der Waals surface area (Å²) in [6.45, 7) is 1.69. The van der Waals surface area contributed by atoms with Crippen LogP contribution in [-0.2, 0) is 30.7 Å². The van der Waals surface area contributed by atoms with Gasteiger partial charge in [-0.1, -0.05) is 11.3 Å². The smallest absolute Gasteiger partial charge is 0.326 e. The summed E-state index contributed by atoms with van der Waals surface area (Å²) < 4.78 is 50.6. The van der Waals surface area contributed by atoms with Crippen molar-refractivity contribution < 1.29 is 31.9 Å². The Morgan fingerprint density at radius 2 is 1.88 bits per heavy atom. The van der Waals surface area contributed by atoms with Crippen LogP contribution in [0.15, 0.2) is 52.4 Å². The van der Waals surface area contributed by atoms with Crippen molar-refractivity contribution in [3.05, 3.63) is 53.1 Å². The fourth-order valence-corrected chi connectivity index (χ4v) is 5.48. The van der Waals surface area contributed by atoms with Gasteiger partial charge in [-0.3, -0.25) is 9.59 Å². The number of sulfone groups is 1. The highest BCUT2D eigenvalue weighted by Gasteiger charge is 2.16. The molecule has 0 saturated carbocycles. The largest absolute Gasteiger partial charge is 0.497 e. The fourth-order valence-electron chi connectivity index (χ4n) is 3.10. The number of ether oxygens (including phenoxy) is 2. The molecule has 8 nitrogen and oxygen atoms in total. The first-order valence-corrected chi connectivity index (χ1v) is 12.6. The number of carbonyl (C=O) groups is 2. The molecule has 0 saturated heterocycles. The quantitative estimate of drug-likeness (QED) is 0.424. The summed E-state index contributed by atoms with van der Waals surface area (Å²) in [6, 6.07) is 10.1. The molecule has 33 heavy (non-hydrogen) atoms. The predicted octanol–water partition coefficient (Wildman–Crippen LogP) is 3.10. The molecule has 0 aliphatic rings. The van der Waals surface area contributed by atoms with E-state index in [9.17, 15) is 22.4 Å². The summed E-state index contributed by atoms with van der Waals surface area (Å²) >= 11 is 1.06. The molecule has 11 heteroatoms. The van der Waals surface area contributed by atoms with Crippen LogP contribution >= 0.6 is 11.3 Å². The van der Waals surface area contributed by atoms with Crippen molar-refractivity contribution in [2.75, 3.05) is 19.5 Å². The maximum atomic E-state index is 13.6. The number of benzene rings is 2. The Morgan fingerprint density at radius 1 is 1.15 bits per heavy atom. The van der Waals surface area contributed by atoms with E-state index in [1.165, 1.54) is 42.0 Å². The second-order valence-corrected chi connectivity index (χ2v) is 10.1. The Kier molecular flexibility index (Phi) is 7.98. The third-order valence-corrected chi connectivity index (χ3v) is 7.54. The maximum Gasteiger partial charge on any atom is 0.326 e. The van der Waals surface area contributed by atoms with Gasteiger partial charge in [-0.2, -0.15) is 4.99 Å². The van der Waals surface area contributed by atoms with E-state index in [0.717, 1.165) is 11.3 Å². The van der Waals surface area contributed by atoms with Crippen LogP contribution in [0.5, 0.6) is 5.75 Å². The second kappa shape index (κ2) is 10.7. The van der Waals surface area contributed by atoms with Crippen molar-refractivity contribution in [1.82, 2.24) is 4.57 Å². The molecule has 0 radical (unpaired) electrons. The summed E-state index contributed by atoms with van der Waals surface area (Å²) in [4.78, 5) is 28.9. The minimum Gasteiger partial charge on any atom is -0.497 e. The van der Waals surface area contributed by atoms with Gasteiger partial charge in [0.2, 0.25) is 5.91 Å². The van der Waals surface area contributed by atoms with E-state index in [-0.39, 0.29) is 41.4 Å². The molecule has 3 aromatic rings. The van der Waals surface area contributed by atoms with E-state index < -0.39 is 27.5 Å². The molecule has 0 aliphatic carbocycles. The lowest BCUT2D eigenvalue weighted by molar-refractivity contribution is -0.143. The van der Waals surface area contributed by atoms with Crippen LogP contribution < -0.4 is 9.54 Å². The standard InChI is InChI=1S/C22H23FN2O6S2/c1-3-31-21(27)14-25-18-11-6-15(23)13-19(18)32-22(25)24-20(26)5-4-12-33(28,29)17-9-7-16(30-2)8-10-17/h6-11,13H,3-5,12,14H2,1-2H3. The number of carbonyl (C=O) groups excluding carboxylic acids is 2. The average molecular weight is 495 g/mol. The first-order chi connectivity index (χ1) is 15.7. The number of fused-ring (bicyclic) bond motifs is 1. The normalized spacial score (nSPS) is 12.2. The number of halogens is 1. The third kappa shape index (κ3) is 6.26. The SMILES string of the molecule is CCOC(=O)Cn1c(=NC(=O)CCCS(=O)(=O)c2ccc(OC)cc2)sc2cc(F)ccc21. The highest BCUT2D eigenvalue weighted by molar-refractivity contribution is 7.91. The van der Waals surface area contributed by atoms with E-state index in [1.807, 2.05) is 0 Å². The molecule has 176 valence electrons. The van der Waals surface area contributed by atoms with Gasteiger partial charge in [0.1, 0.15) is 18.1 Å². The lowest BCUT2D eigenvalue weighted by Gasteiger charge is -2.06. The Bertz CT molecular complexity index is 1330. The Morgan fingerprint density at radius 3 is 2.55 bits per heavy atom. The van der Waals surface area contributed by atoms with Gasteiger partial charge in [-0.25, -0.2) is 12.8 Å². The Balaban J connectivity index is 1.76. The summed E-state index contributed by atoms with van der Waals surface area (Å²) in [6.07, 6.45) is -0.0223. The number of esters is 1. The Hall–Kier alpha value is -3.05. The molecule has 0 fully saturated rings. The first-order valence-electron chi connectivity index (χ1n) is 10.1. The van der Waals surface area contributed by atoms with E-state index in [2.05, 4.69) is 4.99 Å². The van der Waals surface area contributed by atoms with Gasteiger partial charge < -0.3 is 14.0 Å². The fraction of sp³-hybridized carbons (Fsp3) is 0.318. The van der Waals surface area contributed by atoms with Crippen LogP contribution in [0.25, 0.3) is 10.2 Å². The minimum atomic E-state index is -3.56. The number of methoxy groups -OCH3 is 1. The Labute approximate surface area is 194 Å². The van der Waals surface area contributed by atoms with Crippen LogP contribution in [0.2, 0.25) is 0 Å². The second-order valence-electron chi connectivity index (χ2n) is 6.99. The van der Waals surface area contributed by atoms with Crippen molar-refractivity contribution in [3.8, 4) is 5.75 Å². The van der Waals surface area contributed by atoms with Crippen LogP contribution in [0.3, 0.4) is 0 Å². The number of rotatable bonds is 9. The summed E-state index contributed by atoms with van der Waals surface area (Å²) in [5, 5.41) is 0. The molecular weight excluding hydrogens is 471 g/mol. The van der Waals surface area contributed by atoms with Gasteiger partial charge in [0, 0.05) is 6.42 Å². The molecule has 0 unspecified atom stereocenters. The molecule has 2 aromatic carbocycles. The van der Waals surface area contributed by atoms with E-state index in [0.29, 0.717) is 16.0 Å². The summed E-state index contributed by atoms with van der Waals surface area (Å²) in [7, 11) is -2.08. The summed E-state index contributed by atoms with van der Waals surface area (Å²) in [5.41, 5.74) is 0.545. The van der Waals surface area contributed by atoms with Gasteiger partial charge in [0.05, 0.1) is 34.6 Å². The van der Waals surface area contributed by atoms with Gasteiger partial charge in [0.25, 0.3) is 0 Å². The number of amides is 1. The molecule has 0 N–H and O–H groups in total. The van der Waals surface area contributed by atoms with Crippen LogP contribution in [-0.4, -0.2) is 44.3 Å². The zero-order valence-corrected chi connectivity index (χ0v) is 19.7. The lowest BCUT2D eigenvalue weighted by atomic mass is 10.3. The van der Waals surface area contributed by atoms with Crippen molar-refractivity contribution >= 4 is 43.3 Å². The number of nitrogens with zero attached hydrogens (tertiary/aromatic N) is 2. The van der Waals surface area contributed by atoms with E-state index >= 15 is 0 Å². The maximum absolute atomic E-state index is 13.6. The lowest BCUT2D eigenvalue weighted by Crippen LogP contribution is -2.23. The minimum absolute atomic E-state index is 0.0775. The van der Waals surface area contributed by atoms with E-state index in [1.54, 1.807) is 19.1 Å². The number of thiazole rings is 1. The van der Waals surface area contributed by atoms with Gasteiger partial charge in [0.15, 0.2) is 14.6 Å². The highest BCUT2D eigenvalue weighted by atomic mass is 32.2. The van der Waals surface area contributed by atoms with Crippen molar-refractivity contribution in [3.63, 3.8) is 0 Å². The highest BCUT2D eigenvalue weighted by Crippen LogP contribution is 2.20. The molecule has 0 spiro atoms. The van der Waals surface area contributed by atoms with Crippen molar-refractivity contribution in [1.29, 1.82) is 0 Å². The van der Waals surface area contributed by atoms with Crippen molar-refractivity contribution in [2.24, 2.45) is 4.99 Å². The first kappa shape index (κ1) is 24.6. The number of hydrogen-bond donors (Lipinski definition) is 0. The molecule has 0 atom stereocenters. The predicted molar refractivity (Wildman–Crippen MR) is 121 cm³/mol. The van der Waals surface area contributed by atoms with Gasteiger partial charge >= 0.3 is 5.97 Å². The van der Waals surface area contributed by atoms with Crippen molar-refractivity contribution in [2.45, 2.75) is 31.2 Å². The van der Waals surface area contributed by atoms with Gasteiger partial charge in [-0.05, 0) is 55.8 Å². The average Bonchev–Trinajstić information content (AvgIpc) is 3.09. The van der Waals surface area contributed by atoms with Crippen LogP contribution in [0.1, 0.15) is 19.8 Å². The summed E-state index contributed by atoms with van der Waals surface area (Å²) in [5.74, 6) is -1.18. The zero-order chi connectivity index (χ0) is 24.0. The molecule has 0 aliphatic heterocycles. The number of aromatic nitrogens is 1. The third-order valence-electron chi connectivity index (χ3n) is 4.68. The molecular formula is C22H23FN2O6S2. The van der Waals surface area contributed by atoms with Crippen LogP contribution in [0, 0.1) is 5.82 Å². The molecule has 1 amide bonds. The van der Waals surface area contributed by atoms with Gasteiger partial charge in [-0.15, -0.1) is 0 Å². The molecule has 3 rings (SSSR count). The zero-order valence-electron chi connectivity index (χ0n) is 18.1. The topological polar surface area (TPSA) is 104 Å². The monoisotopic (exact) mass is 494 g/mol. The molecule has 1 aromatic heterocycles. The van der Waals surface area contributed by atoms with E-state index in [4.69, 9.17) is 9.47 Å². The number of hydrogen-bond acceptors (Lipinski definition) is 7. The molecule has 1 heterocycles. The molecule has 0 bridgehead atoms.